The number of rotatable bonds is 5. The molecule has 0 aromatic rings. The van der Waals surface area contributed by atoms with E-state index in [-0.39, 0.29) is 17.6 Å². The maximum Gasteiger partial charge on any atom is 0.159 e. The lowest BCUT2D eigenvalue weighted by Crippen LogP contribution is -2.44. The average Bonchev–Trinajstić information content (AvgIpc) is 2.78. The van der Waals surface area contributed by atoms with Crippen LogP contribution in [0.4, 0.5) is 0 Å². The molecule has 4 atom stereocenters. The molecule has 2 aliphatic heterocycles. The molecule has 0 unspecified atom stereocenters. The predicted octanol–water partition coefficient (Wildman–Crippen LogP) is 2.12. The van der Waals surface area contributed by atoms with Crippen molar-refractivity contribution in [3.05, 3.63) is 0 Å². The largest absolute Gasteiger partial charge is 0.390 e. The Kier molecular flexibility index (Phi) is 5.33. The van der Waals surface area contributed by atoms with E-state index < -0.39 is 0 Å². The summed E-state index contributed by atoms with van der Waals surface area (Å²) in [5, 5.41) is 14.5. The van der Waals surface area contributed by atoms with E-state index in [0.717, 1.165) is 43.8 Å². The van der Waals surface area contributed by atoms with E-state index in [1.807, 2.05) is 0 Å². The number of nitrogens with one attached hydrogen (secondary N) is 1. The Balaban J connectivity index is 1.87. The zero-order chi connectivity index (χ0) is 13.0. The van der Waals surface area contributed by atoms with Gasteiger partial charge in [-0.2, -0.15) is 0 Å². The van der Waals surface area contributed by atoms with E-state index in [0.29, 0.717) is 6.04 Å². The summed E-state index contributed by atoms with van der Waals surface area (Å²) in [5.74, 6) is 0. The number of thioether (sulfide) groups is 1. The molecule has 2 saturated heterocycles. The minimum absolute atomic E-state index is 0.00558. The summed E-state index contributed by atoms with van der Waals surface area (Å²) >= 11 is 1.68. The van der Waals surface area contributed by atoms with Gasteiger partial charge in [-0.05, 0) is 25.7 Å². The molecule has 0 amide bonds. The third-order valence-electron chi connectivity index (χ3n) is 3.43. The van der Waals surface area contributed by atoms with Gasteiger partial charge in [0.05, 0.1) is 18.2 Å². The van der Waals surface area contributed by atoms with Crippen molar-refractivity contribution in [1.82, 2.24) is 5.32 Å². The molecule has 0 bridgehead atoms. The molecule has 2 heterocycles. The molecule has 0 radical (unpaired) electrons. The van der Waals surface area contributed by atoms with Crippen molar-refractivity contribution in [2.24, 2.45) is 4.99 Å². The summed E-state index contributed by atoms with van der Waals surface area (Å²) in [4.78, 5) is 4.50. The number of nitrogens with zero attached hydrogens (tertiary/aromatic N) is 1. The van der Waals surface area contributed by atoms with Crippen molar-refractivity contribution in [1.29, 1.82) is 0 Å². The molecule has 4 nitrogen and oxygen atoms in total. The van der Waals surface area contributed by atoms with Gasteiger partial charge in [0.25, 0.3) is 0 Å². The smallest absolute Gasteiger partial charge is 0.159 e. The fourth-order valence-corrected chi connectivity index (χ4v) is 3.60. The molecule has 0 saturated carbocycles. The second kappa shape index (κ2) is 6.78. The van der Waals surface area contributed by atoms with Crippen molar-refractivity contribution in [3.63, 3.8) is 0 Å². The van der Waals surface area contributed by atoms with Crippen LogP contribution in [0.25, 0.3) is 0 Å². The molecule has 104 valence electrons. The number of hydrogen-bond donors (Lipinski definition) is 2. The van der Waals surface area contributed by atoms with Crippen molar-refractivity contribution in [2.75, 3.05) is 6.54 Å². The monoisotopic (exact) mass is 272 g/mol. The maximum atomic E-state index is 10.0. The third kappa shape index (κ3) is 3.39. The Morgan fingerprint density at radius 3 is 3.00 bits per heavy atom. The van der Waals surface area contributed by atoms with Crippen LogP contribution in [0, 0.1) is 0 Å². The molecular formula is C13H24N2O2S. The molecule has 2 fully saturated rings. The van der Waals surface area contributed by atoms with Gasteiger partial charge in [-0.15, -0.1) is 0 Å². The zero-order valence-corrected chi connectivity index (χ0v) is 12.1. The number of fused-ring (bicyclic) bond motifs is 1. The molecule has 0 spiro atoms. The normalized spacial score (nSPS) is 35.3. The van der Waals surface area contributed by atoms with Crippen LogP contribution in [0.3, 0.4) is 0 Å². The summed E-state index contributed by atoms with van der Waals surface area (Å²) in [7, 11) is 0. The van der Waals surface area contributed by atoms with E-state index >= 15 is 0 Å². The van der Waals surface area contributed by atoms with Crippen LogP contribution in [-0.4, -0.2) is 40.5 Å². The lowest BCUT2D eigenvalue weighted by molar-refractivity contribution is -0.0836. The highest BCUT2D eigenvalue weighted by atomic mass is 32.2. The SMILES string of the molecule is CCCN=C1N[C@@H]2CC[C@H]([C@@H](O)CCC)O[C@@H]2S1. The number of hydrogen-bond acceptors (Lipinski definition) is 4. The van der Waals surface area contributed by atoms with E-state index in [1.165, 1.54) is 0 Å². The Labute approximate surface area is 114 Å². The lowest BCUT2D eigenvalue weighted by atomic mass is 9.98. The second-order valence-electron chi connectivity index (χ2n) is 5.03. The van der Waals surface area contributed by atoms with Crippen molar-refractivity contribution >= 4 is 16.9 Å². The minimum Gasteiger partial charge on any atom is -0.390 e. The van der Waals surface area contributed by atoms with Gasteiger partial charge < -0.3 is 15.2 Å². The first-order valence-corrected chi connectivity index (χ1v) is 7.93. The standard InChI is InChI=1S/C13H24N2O2S/c1-3-5-10(16)11-7-6-9-12(17-11)18-13(15-9)14-8-4-2/h9-12,16H,3-8H2,1-2H3,(H,14,15)/t9-,10+,11-,12-/m1/s1. The minimum atomic E-state index is -0.312. The van der Waals surface area contributed by atoms with Gasteiger partial charge in [-0.25, -0.2) is 0 Å². The molecular weight excluding hydrogens is 248 g/mol. The highest BCUT2D eigenvalue weighted by Crippen LogP contribution is 2.34. The number of aliphatic hydroxyl groups is 1. The van der Waals surface area contributed by atoms with Crippen LogP contribution in [0.15, 0.2) is 4.99 Å². The van der Waals surface area contributed by atoms with Gasteiger partial charge >= 0.3 is 0 Å². The van der Waals surface area contributed by atoms with Gasteiger partial charge in [0.1, 0.15) is 5.44 Å². The highest BCUT2D eigenvalue weighted by molar-refractivity contribution is 8.14. The molecule has 0 aliphatic carbocycles. The summed E-state index contributed by atoms with van der Waals surface area (Å²) in [6, 6.07) is 0.371. The van der Waals surface area contributed by atoms with Gasteiger partial charge in [-0.3, -0.25) is 4.99 Å². The maximum absolute atomic E-state index is 10.0. The van der Waals surface area contributed by atoms with Gasteiger partial charge in [0, 0.05) is 6.54 Å². The predicted molar refractivity (Wildman–Crippen MR) is 75.9 cm³/mol. The third-order valence-corrected chi connectivity index (χ3v) is 4.57. The first kappa shape index (κ1) is 14.2. The van der Waals surface area contributed by atoms with E-state index in [1.54, 1.807) is 11.8 Å². The lowest BCUT2D eigenvalue weighted by Gasteiger charge is -2.33. The summed E-state index contributed by atoms with van der Waals surface area (Å²) in [6.07, 6.45) is 4.60. The fraction of sp³-hybridized carbons (Fsp3) is 0.923. The molecule has 5 heteroatoms. The van der Waals surface area contributed by atoms with Crippen LogP contribution in [0.5, 0.6) is 0 Å². The van der Waals surface area contributed by atoms with E-state index in [4.69, 9.17) is 4.74 Å². The molecule has 2 rings (SSSR count). The van der Waals surface area contributed by atoms with Crippen LogP contribution < -0.4 is 5.32 Å². The van der Waals surface area contributed by atoms with Crippen molar-refractivity contribution < 1.29 is 9.84 Å². The number of ether oxygens (including phenoxy) is 1. The van der Waals surface area contributed by atoms with Crippen LogP contribution in [0.1, 0.15) is 46.0 Å². The van der Waals surface area contributed by atoms with Crippen molar-refractivity contribution in [2.45, 2.75) is 69.6 Å². The van der Waals surface area contributed by atoms with Gasteiger partial charge in [-0.1, -0.05) is 32.0 Å². The van der Waals surface area contributed by atoms with E-state index in [2.05, 4.69) is 24.2 Å². The molecule has 2 aliphatic rings. The van der Waals surface area contributed by atoms with Crippen molar-refractivity contribution in [3.8, 4) is 0 Å². The summed E-state index contributed by atoms with van der Waals surface area (Å²) < 4.78 is 6.00. The average molecular weight is 272 g/mol. The topological polar surface area (TPSA) is 53.9 Å². The molecule has 0 aromatic carbocycles. The van der Waals surface area contributed by atoms with Gasteiger partial charge in [0.15, 0.2) is 5.17 Å². The highest BCUT2D eigenvalue weighted by Gasteiger charge is 2.40. The second-order valence-corrected chi connectivity index (χ2v) is 6.12. The first-order chi connectivity index (χ1) is 8.74. The van der Waals surface area contributed by atoms with Gasteiger partial charge in [0.2, 0.25) is 0 Å². The molecule has 2 N–H and O–H groups in total. The number of aliphatic hydroxyl groups excluding tert-OH is 1. The van der Waals surface area contributed by atoms with E-state index in [9.17, 15) is 5.11 Å². The first-order valence-electron chi connectivity index (χ1n) is 7.05. The molecule has 0 aromatic heterocycles. The Morgan fingerprint density at radius 1 is 1.44 bits per heavy atom. The Hall–Kier alpha value is -0.260. The quantitative estimate of drug-likeness (QED) is 0.805. The zero-order valence-electron chi connectivity index (χ0n) is 11.3. The Bertz CT molecular complexity index is 299. The molecule has 18 heavy (non-hydrogen) atoms. The number of amidine groups is 1. The van der Waals surface area contributed by atoms with Crippen LogP contribution in [0.2, 0.25) is 0 Å². The summed E-state index contributed by atoms with van der Waals surface area (Å²) in [5.41, 5.74) is 0.130. The summed E-state index contributed by atoms with van der Waals surface area (Å²) in [6.45, 7) is 5.09. The van der Waals surface area contributed by atoms with Crippen LogP contribution in [-0.2, 0) is 4.74 Å². The Morgan fingerprint density at radius 2 is 2.28 bits per heavy atom. The number of aliphatic imine (C=N–C) groups is 1. The van der Waals surface area contributed by atoms with Crippen LogP contribution >= 0.6 is 11.8 Å². The fourth-order valence-electron chi connectivity index (χ4n) is 2.43.